The van der Waals surface area contributed by atoms with Crippen LogP contribution in [0.15, 0.2) is 41.9 Å². The van der Waals surface area contributed by atoms with Crippen molar-refractivity contribution in [1.82, 2.24) is 9.97 Å². The van der Waals surface area contributed by atoms with E-state index in [2.05, 4.69) is 33.2 Å². The monoisotopic (exact) mass is 282 g/mol. The van der Waals surface area contributed by atoms with Crippen molar-refractivity contribution in [2.45, 2.75) is 19.3 Å². The number of benzene rings is 1. The first kappa shape index (κ1) is 13.5. The van der Waals surface area contributed by atoms with Gasteiger partial charge in [0.05, 0.1) is 6.61 Å². The first-order chi connectivity index (χ1) is 10.3. The van der Waals surface area contributed by atoms with E-state index in [0.29, 0.717) is 19.2 Å². The minimum Gasteiger partial charge on any atom is -0.465 e. The summed E-state index contributed by atoms with van der Waals surface area (Å²) in [6, 6.07) is 6.81. The van der Waals surface area contributed by atoms with Crippen LogP contribution in [0.5, 0.6) is 0 Å². The molecule has 0 aliphatic carbocycles. The maximum atomic E-state index is 5.68. The van der Waals surface area contributed by atoms with Gasteiger partial charge in [-0.2, -0.15) is 0 Å². The topological polar surface area (TPSA) is 73.4 Å². The average Bonchev–Trinajstić information content (AvgIpc) is 2.53. The lowest BCUT2D eigenvalue weighted by Crippen LogP contribution is -2.19. The molecular weight excluding hydrogens is 264 g/mol. The summed E-state index contributed by atoms with van der Waals surface area (Å²) in [6.45, 7) is 1.26. The molecule has 1 aliphatic heterocycles. The summed E-state index contributed by atoms with van der Waals surface area (Å²) in [7, 11) is 0. The molecule has 2 aromatic rings. The summed E-state index contributed by atoms with van der Waals surface area (Å²) < 4.78 is 5.42. The van der Waals surface area contributed by atoms with E-state index in [9.17, 15) is 0 Å². The number of hydrogen-bond acceptors (Lipinski definition) is 5. The van der Waals surface area contributed by atoms with Crippen molar-refractivity contribution in [2.75, 3.05) is 13.2 Å². The number of ether oxygens (including phenoxy) is 1. The van der Waals surface area contributed by atoms with Crippen LogP contribution in [-0.2, 0) is 17.6 Å². The second-order valence-electron chi connectivity index (χ2n) is 5.03. The van der Waals surface area contributed by atoms with Gasteiger partial charge >= 0.3 is 0 Å². The summed E-state index contributed by atoms with van der Waals surface area (Å²) in [6.07, 6.45) is 8.02. The molecular formula is C16H18N4O. The number of nitrogens with zero attached hydrogens (tertiary/aromatic N) is 3. The van der Waals surface area contributed by atoms with Gasteiger partial charge in [0.25, 0.3) is 6.02 Å². The highest BCUT2D eigenvalue weighted by atomic mass is 16.5. The maximum absolute atomic E-state index is 5.68. The molecule has 0 saturated heterocycles. The van der Waals surface area contributed by atoms with Crippen molar-refractivity contribution in [3.05, 3.63) is 48.0 Å². The molecule has 0 fully saturated rings. The van der Waals surface area contributed by atoms with Crippen molar-refractivity contribution >= 4 is 6.02 Å². The molecule has 1 aliphatic rings. The summed E-state index contributed by atoms with van der Waals surface area (Å²) in [5, 5.41) is 0. The largest absolute Gasteiger partial charge is 0.465 e. The Hall–Kier alpha value is -2.43. The Bertz CT molecular complexity index is 640. The molecule has 0 amide bonds. The highest BCUT2D eigenvalue weighted by Crippen LogP contribution is 2.23. The lowest BCUT2D eigenvalue weighted by molar-refractivity contribution is 0.301. The number of hydrogen-bond donors (Lipinski definition) is 1. The first-order valence-corrected chi connectivity index (χ1v) is 7.13. The Morgan fingerprint density at radius 2 is 1.86 bits per heavy atom. The molecule has 0 radical (unpaired) electrons. The zero-order valence-electron chi connectivity index (χ0n) is 11.8. The second-order valence-corrected chi connectivity index (χ2v) is 5.03. The smallest absolute Gasteiger partial charge is 0.281 e. The normalized spacial score (nSPS) is 15.5. The molecule has 1 aromatic heterocycles. The van der Waals surface area contributed by atoms with E-state index < -0.39 is 0 Å². The first-order valence-electron chi connectivity index (χ1n) is 7.13. The van der Waals surface area contributed by atoms with E-state index in [1.165, 1.54) is 11.1 Å². The Morgan fingerprint density at radius 1 is 1.00 bits per heavy atom. The average molecular weight is 282 g/mol. The molecule has 21 heavy (non-hydrogen) atoms. The van der Waals surface area contributed by atoms with E-state index in [1.807, 2.05) is 12.4 Å². The molecule has 5 heteroatoms. The third-order valence-electron chi connectivity index (χ3n) is 3.59. The fourth-order valence-corrected chi connectivity index (χ4v) is 2.50. The Kier molecular flexibility index (Phi) is 4.09. The number of rotatable bonds is 1. The van der Waals surface area contributed by atoms with Gasteiger partial charge in [0.2, 0.25) is 0 Å². The molecule has 0 unspecified atom stereocenters. The highest BCUT2D eigenvalue weighted by molar-refractivity contribution is 5.71. The lowest BCUT2D eigenvalue weighted by atomic mass is 9.96. The molecule has 2 heterocycles. The summed E-state index contributed by atoms with van der Waals surface area (Å²) >= 11 is 0. The third kappa shape index (κ3) is 3.37. The van der Waals surface area contributed by atoms with Crippen molar-refractivity contribution in [1.29, 1.82) is 0 Å². The predicted molar refractivity (Wildman–Crippen MR) is 81.9 cm³/mol. The Balaban J connectivity index is 1.88. The van der Waals surface area contributed by atoms with Crippen molar-refractivity contribution in [3.63, 3.8) is 0 Å². The quantitative estimate of drug-likeness (QED) is 0.867. The SMILES string of the molecule is NC1=NCCCc2ccc(-c3cncnc3)cc2CCO1. The van der Waals surface area contributed by atoms with Gasteiger partial charge < -0.3 is 10.5 Å². The minimum atomic E-state index is 0.297. The number of nitrogens with two attached hydrogens (primary N) is 1. The highest BCUT2D eigenvalue weighted by Gasteiger charge is 2.08. The second kappa shape index (κ2) is 6.35. The molecule has 0 bridgehead atoms. The fraction of sp³-hybridized carbons (Fsp3) is 0.312. The number of aliphatic imine (C=N–C) groups is 1. The van der Waals surface area contributed by atoms with E-state index in [1.54, 1.807) is 6.33 Å². The lowest BCUT2D eigenvalue weighted by Gasteiger charge is -2.14. The summed E-state index contributed by atoms with van der Waals surface area (Å²) in [4.78, 5) is 12.3. The van der Waals surface area contributed by atoms with Crippen molar-refractivity contribution in [3.8, 4) is 11.1 Å². The van der Waals surface area contributed by atoms with Crippen LogP contribution in [0, 0.1) is 0 Å². The standard InChI is InChI=1S/C16H18N4O/c17-16-20-6-1-2-12-3-4-13(8-14(12)5-7-21-16)15-9-18-11-19-10-15/h3-4,8-11H,1-2,5-7H2,(H2,17,20). The third-order valence-corrected chi connectivity index (χ3v) is 3.59. The van der Waals surface area contributed by atoms with Crippen LogP contribution in [0.2, 0.25) is 0 Å². The van der Waals surface area contributed by atoms with Gasteiger partial charge in [-0.3, -0.25) is 0 Å². The van der Waals surface area contributed by atoms with Gasteiger partial charge in [0.1, 0.15) is 6.33 Å². The van der Waals surface area contributed by atoms with Crippen LogP contribution < -0.4 is 5.73 Å². The van der Waals surface area contributed by atoms with Crippen LogP contribution in [0.3, 0.4) is 0 Å². The Morgan fingerprint density at radius 3 is 2.71 bits per heavy atom. The van der Waals surface area contributed by atoms with Crippen LogP contribution in [0.25, 0.3) is 11.1 Å². The molecule has 0 saturated carbocycles. The molecule has 108 valence electrons. The summed E-state index contributed by atoms with van der Waals surface area (Å²) in [5.41, 5.74) is 10.5. The van der Waals surface area contributed by atoms with Gasteiger partial charge in [-0.15, -0.1) is 0 Å². The van der Waals surface area contributed by atoms with Gasteiger partial charge in [0, 0.05) is 30.9 Å². The van der Waals surface area contributed by atoms with Crippen LogP contribution in [0.4, 0.5) is 0 Å². The van der Waals surface area contributed by atoms with Crippen LogP contribution in [-0.4, -0.2) is 29.1 Å². The number of aromatic nitrogens is 2. The van der Waals surface area contributed by atoms with Crippen LogP contribution in [0.1, 0.15) is 17.5 Å². The Labute approximate surface area is 123 Å². The van der Waals surface area contributed by atoms with E-state index >= 15 is 0 Å². The molecule has 5 nitrogen and oxygen atoms in total. The van der Waals surface area contributed by atoms with Gasteiger partial charge in [0.15, 0.2) is 0 Å². The minimum absolute atomic E-state index is 0.297. The van der Waals surface area contributed by atoms with Crippen LogP contribution >= 0.6 is 0 Å². The van der Waals surface area contributed by atoms with Gasteiger partial charge in [-0.05, 0) is 29.5 Å². The molecule has 0 spiro atoms. The molecule has 3 rings (SSSR count). The maximum Gasteiger partial charge on any atom is 0.281 e. The zero-order valence-corrected chi connectivity index (χ0v) is 11.8. The van der Waals surface area contributed by atoms with Crippen molar-refractivity contribution in [2.24, 2.45) is 10.7 Å². The number of aryl methyl sites for hydroxylation is 1. The fourth-order valence-electron chi connectivity index (χ4n) is 2.50. The van der Waals surface area contributed by atoms with E-state index in [4.69, 9.17) is 10.5 Å². The van der Waals surface area contributed by atoms with Gasteiger partial charge in [-0.1, -0.05) is 18.2 Å². The molecule has 1 aromatic carbocycles. The van der Waals surface area contributed by atoms with Crippen molar-refractivity contribution < 1.29 is 4.74 Å². The summed E-state index contributed by atoms with van der Waals surface area (Å²) in [5.74, 6) is 0. The molecule has 2 N–H and O–H groups in total. The van der Waals surface area contributed by atoms with E-state index in [0.717, 1.165) is 30.4 Å². The molecule has 0 atom stereocenters. The van der Waals surface area contributed by atoms with Gasteiger partial charge in [-0.25, -0.2) is 15.0 Å². The zero-order chi connectivity index (χ0) is 14.5. The number of fused-ring (bicyclic) bond motifs is 1. The van der Waals surface area contributed by atoms with E-state index in [-0.39, 0.29) is 0 Å². The predicted octanol–water partition coefficient (Wildman–Crippen LogP) is 1.96. The number of amidine groups is 1.